The van der Waals surface area contributed by atoms with Gasteiger partial charge in [0.05, 0.1) is 30.8 Å². The van der Waals surface area contributed by atoms with E-state index in [-0.39, 0.29) is 24.5 Å². The Balaban J connectivity index is 2.79. The number of carbonyl (C=O) groups excluding carboxylic acids is 3. The highest BCUT2D eigenvalue weighted by Crippen LogP contribution is 2.39. The van der Waals surface area contributed by atoms with Gasteiger partial charge in [-0.15, -0.1) is 0 Å². The molecule has 0 fully saturated rings. The first kappa shape index (κ1) is 23.5. The molecule has 1 heterocycles. The van der Waals surface area contributed by atoms with Gasteiger partial charge in [-0.1, -0.05) is 11.6 Å². The maximum atomic E-state index is 14.0. The predicted octanol–water partition coefficient (Wildman–Crippen LogP) is 4.21. The van der Waals surface area contributed by atoms with E-state index in [1.54, 1.807) is 0 Å². The molecule has 2 aromatic rings. The van der Waals surface area contributed by atoms with E-state index in [1.165, 1.54) is 45.2 Å². The first-order chi connectivity index (χ1) is 14.0. The predicted molar refractivity (Wildman–Crippen MR) is 102 cm³/mol. The van der Waals surface area contributed by atoms with Gasteiger partial charge in [0.1, 0.15) is 5.69 Å². The number of aromatic nitrogens is 1. The summed E-state index contributed by atoms with van der Waals surface area (Å²) in [5, 5.41) is 0.296. The fraction of sp³-hybridized carbons (Fsp3) is 0.350. The molecular weight excluding hydrogens is 427 g/mol. The lowest BCUT2D eigenvalue weighted by Gasteiger charge is -2.11. The number of nitrogens with zero attached hydrogens (tertiary/aromatic N) is 1. The van der Waals surface area contributed by atoms with Crippen molar-refractivity contribution in [2.45, 2.75) is 26.4 Å². The molecule has 0 amide bonds. The third-order valence-electron chi connectivity index (χ3n) is 4.22. The molecule has 162 valence electrons. The lowest BCUT2D eigenvalue weighted by Crippen LogP contribution is -2.18. The summed E-state index contributed by atoms with van der Waals surface area (Å²) in [6, 6.07) is 5.26. The number of ether oxygens (including phenoxy) is 2. The van der Waals surface area contributed by atoms with Crippen LogP contribution in [0.4, 0.5) is 13.2 Å². The summed E-state index contributed by atoms with van der Waals surface area (Å²) in [7, 11) is 1.18. The summed E-state index contributed by atoms with van der Waals surface area (Å²) in [4.78, 5) is 37.4. The van der Waals surface area contributed by atoms with E-state index < -0.39 is 47.1 Å². The SMILES string of the molecule is CCOC(=O)Cc1c(C(=O)OCC)c(C(F)(F)F)c(C(=O)c2ccc(Cl)cc2)n1C. The number of benzene rings is 1. The second kappa shape index (κ2) is 9.34. The average molecular weight is 446 g/mol. The van der Waals surface area contributed by atoms with Gasteiger partial charge in [-0.05, 0) is 38.1 Å². The highest BCUT2D eigenvalue weighted by molar-refractivity contribution is 6.30. The zero-order valence-electron chi connectivity index (χ0n) is 16.4. The Kier molecular flexibility index (Phi) is 7.30. The molecule has 0 radical (unpaired) electrons. The van der Waals surface area contributed by atoms with Crippen LogP contribution in [-0.2, 0) is 33.9 Å². The Hall–Kier alpha value is -2.81. The van der Waals surface area contributed by atoms with Gasteiger partial charge in [-0.2, -0.15) is 13.2 Å². The zero-order chi connectivity index (χ0) is 22.6. The van der Waals surface area contributed by atoms with Crippen LogP contribution in [0.2, 0.25) is 5.02 Å². The van der Waals surface area contributed by atoms with Crippen LogP contribution < -0.4 is 0 Å². The zero-order valence-corrected chi connectivity index (χ0v) is 17.2. The molecule has 0 spiro atoms. The number of halogens is 4. The van der Waals surface area contributed by atoms with Crippen molar-refractivity contribution in [1.82, 2.24) is 4.57 Å². The van der Waals surface area contributed by atoms with Crippen molar-refractivity contribution in [3.63, 3.8) is 0 Å². The molecule has 0 unspecified atom stereocenters. The molecule has 6 nitrogen and oxygen atoms in total. The third-order valence-corrected chi connectivity index (χ3v) is 4.47. The highest BCUT2D eigenvalue weighted by Gasteiger charge is 2.45. The molecule has 0 aliphatic heterocycles. The smallest absolute Gasteiger partial charge is 0.419 e. The molecule has 0 bridgehead atoms. The van der Waals surface area contributed by atoms with E-state index in [4.69, 9.17) is 21.1 Å². The summed E-state index contributed by atoms with van der Waals surface area (Å²) in [6.45, 7) is 2.77. The molecule has 0 saturated carbocycles. The molecule has 0 N–H and O–H groups in total. The lowest BCUT2D eigenvalue weighted by atomic mass is 10.0. The Bertz CT molecular complexity index is 964. The fourth-order valence-corrected chi connectivity index (χ4v) is 3.12. The molecule has 0 aliphatic rings. The number of hydrogen-bond donors (Lipinski definition) is 0. The van der Waals surface area contributed by atoms with Crippen LogP contribution in [-0.4, -0.2) is 35.5 Å². The van der Waals surface area contributed by atoms with Crippen molar-refractivity contribution in [2.24, 2.45) is 7.05 Å². The van der Waals surface area contributed by atoms with Gasteiger partial charge < -0.3 is 14.0 Å². The number of ketones is 1. The molecule has 30 heavy (non-hydrogen) atoms. The van der Waals surface area contributed by atoms with E-state index >= 15 is 0 Å². The number of carbonyl (C=O) groups is 3. The lowest BCUT2D eigenvalue weighted by molar-refractivity contribution is -0.142. The van der Waals surface area contributed by atoms with E-state index in [0.29, 0.717) is 5.02 Å². The maximum Gasteiger partial charge on any atom is 0.419 e. The molecule has 1 aromatic carbocycles. The Morgan fingerprint density at radius 3 is 2.10 bits per heavy atom. The molecule has 0 saturated heterocycles. The monoisotopic (exact) mass is 445 g/mol. The van der Waals surface area contributed by atoms with Gasteiger partial charge in [0.15, 0.2) is 0 Å². The minimum atomic E-state index is -5.07. The molecule has 2 rings (SSSR count). The van der Waals surface area contributed by atoms with Crippen molar-refractivity contribution in [3.05, 3.63) is 57.4 Å². The number of esters is 2. The van der Waals surface area contributed by atoms with Crippen molar-refractivity contribution in [2.75, 3.05) is 13.2 Å². The quantitative estimate of drug-likeness (QED) is 0.471. The highest BCUT2D eigenvalue weighted by atomic mass is 35.5. The minimum absolute atomic E-state index is 0.000681. The van der Waals surface area contributed by atoms with Crippen LogP contribution in [0.25, 0.3) is 0 Å². The molecular formula is C20H19ClF3NO5. The van der Waals surface area contributed by atoms with Gasteiger partial charge in [-0.25, -0.2) is 4.79 Å². The number of alkyl halides is 3. The van der Waals surface area contributed by atoms with Crippen LogP contribution in [0.5, 0.6) is 0 Å². The summed E-state index contributed by atoms with van der Waals surface area (Å²) < 4.78 is 52.5. The summed E-state index contributed by atoms with van der Waals surface area (Å²) in [6.07, 6.45) is -5.71. The van der Waals surface area contributed by atoms with Gasteiger partial charge in [0.25, 0.3) is 0 Å². The fourth-order valence-electron chi connectivity index (χ4n) is 2.99. The third kappa shape index (κ3) is 4.84. The summed E-state index contributed by atoms with van der Waals surface area (Å²) in [5.41, 5.74) is -3.51. The van der Waals surface area contributed by atoms with Gasteiger partial charge in [0, 0.05) is 23.3 Å². The Morgan fingerprint density at radius 2 is 1.60 bits per heavy atom. The minimum Gasteiger partial charge on any atom is -0.466 e. The normalized spacial score (nSPS) is 11.3. The van der Waals surface area contributed by atoms with Crippen molar-refractivity contribution < 1.29 is 37.0 Å². The first-order valence-electron chi connectivity index (χ1n) is 8.94. The second-order valence-electron chi connectivity index (χ2n) is 6.14. The van der Waals surface area contributed by atoms with E-state index in [9.17, 15) is 27.6 Å². The van der Waals surface area contributed by atoms with Crippen molar-refractivity contribution >= 4 is 29.3 Å². The molecule has 10 heteroatoms. The average Bonchev–Trinajstić information content (AvgIpc) is 2.95. The standard InChI is InChI=1S/C20H19ClF3NO5/c1-4-29-14(26)10-13-15(19(28)30-5-2)16(20(22,23)24)17(25(13)3)18(27)11-6-8-12(21)9-7-11/h6-9H,4-5,10H2,1-3H3. The van der Waals surface area contributed by atoms with Crippen LogP contribution >= 0.6 is 11.6 Å². The van der Waals surface area contributed by atoms with Gasteiger partial charge in [-0.3, -0.25) is 9.59 Å². The van der Waals surface area contributed by atoms with Crippen LogP contribution in [0.3, 0.4) is 0 Å². The van der Waals surface area contributed by atoms with Crippen molar-refractivity contribution in [3.8, 4) is 0 Å². The summed E-state index contributed by atoms with van der Waals surface area (Å²) in [5.74, 6) is -3.11. The van der Waals surface area contributed by atoms with Crippen LogP contribution in [0, 0.1) is 0 Å². The second-order valence-corrected chi connectivity index (χ2v) is 6.58. The Labute approximate surface area is 175 Å². The Morgan fingerprint density at radius 1 is 1.03 bits per heavy atom. The molecule has 1 aromatic heterocycles. The van der Waals surface area contributed by atoms with Crippen LogP contribution in [0.1, 0.15) is 51.5 Å². The topological polar surface area (TPSA) is 74.6 Å². The van der Waals surface area contributed by atoms with E-state index in [0.717, 1.165) is 4.57 Å². The van der Waals surface area contributed by atoms with E-state index in [1.807, 2.05) is 0 Å². The van der Waals surface area contributed by atoms with Gasteiger partial charge >= 0.3 is 18.1 Å². The number of hydrogen-bond acceptors (Lipinski definition) is 5. The summed E-state index contributed by atoms with van der Waals surface area (Å²) >= 11 is 5.78. The molecule has 0 atom stereocenters. The molecule has 0 aliphatic carbocycles. The first-order valence-corrected chi connectivity index (χ1v) is 9.32. The van der Waals surface area contributed by atoms with E-state index in [2.05, 4.69) is 0 Å². The maximum absolute atomic E-state index is 14.0. The van der Waals surface area contributed by atoms with Crippen LogP contribution in [0.15, 0.2) is 24.3 Å². The van der Waals surface area contributed by atoms with Gasteiger partial charge in [0.2, 0.25) is 5.78 Å². The number of rotatable bonds is 7. The van der Waals surface area contributed by atoms with Crippen molar-refractivity contribution in [1.29, 1.82) is 0 Å². The largest absolute Gasteiger partial charge is 0.466 e.